The van der Waals surface area contributed by atoms with E-state index in [0.717, 1.165) is 24.3 Å². The Labute approximate surface area is 81.5 Å². The first-order valence-electron chi connectivity index (χ1n) is 5.66. The Morgan fingerprint density at radius 2 is 1.77 bits per heavy atom. The maximum Gasteiger partial charge on any atom is 0.0246 e. The van der Waals surface area contributed by atoms with E-state index in [9.17, 15) is 0 Å². The van der Waals surface area contributed by atoms with Gasteiger partial charge in [0.05, 0.1) is 0 Å². The van der Waals surface area contributed by atoms with Crippen LogP contribution in [0.1, 0.15) is 26.7 Å². The first-order valence-corrected chi connectivity index (χ1v) is 5.66. The fraction of sp³-hybridized carbons (Fsp3) is 1.00. The van der Waals surface area contributed by atoms with Crippen LogP contribution in [-0.4, -0.2) is 30.6 Å². The third-order valence-corrected chi connectivity index (χ3v) is 3.89. The van der Waals surface area contributed by atoms with Gasteiger partial charge in [0.15, 0.2) is 0 Å². The normalized spacial score (nSPS) is 38.1. The molecule has 1 aliphatic heterocycles. The second-order valence-corrected chi connectivity index (χ2v) is 5.05. The minimum Gasteiger partial charge on any atom is -0.329 e. The summed E-state index contributed by atoms with van der Waals surface area (Å²) in [5.41, 5.74) is 5.84. The summed E-state index contributed by atoms with van der Waals surface area (Å²) in [6.07, 6.45) is 2.84. The summed E-state index contributed by atoms with van der Waals surface area (Å²) in [5, 5.41) is 0. The molecule has 1 heterocycles. The molecule has 0 radical (unpaired) electrons. The summed E-state index contributed by atoms with van der Waals surface area (Å²) < 4.78 is 0. The fourth-order valence-corrected chi connectivity index (χ4v) is 2.57. The zero-order valence-corrected chi connectivity index (χ0v) is 8.87. The van der Waals surface area contributed by atoms with E-state index in [0.29, 0.717) is 6.04 Å². The molecule has 76 valence electrons. The van der Waals surface area contributed by atoms with Crippen LogP contribution in [0.4, 0.5) is 0 Å². The van der Waals surface area contributed by atoms with Gasteiger partial charge in [-0.2, -0.15) is 0 Å². The van der Waals surface area contributed by atoms with E-state index in [4.69, 9.17) is 5.73 Å². The van der Waals surface area contributed by atoms with Crippen molar-refractivity contribution >= 4 is 0 Å². The third kappa shape index (κ3) is 1.89. The molecule has 1 aliphatic carbocycles. The summed E-state index contributed by atoms with van der Waals surface area (Å²) in [5.74, 6) is 2.67. The van der Waals surface area contributed by atoms with Crippen molar-refractivity contribution in [3.05, 3.63) is 0 Å². The van der Waals surface area contributed by atoms with Crippen molar-refractivity contribution in [2.45, 2.75) is 32.7 Å². The second-order valence-electron chi connectivity index (χ2n) is 5.05. The molecule has 2 heteroatoms. The molecule has 2 N–H and O–H groups in total. The number of rotatable bonds is 3. The van der Waals surface area contributed by atoms with Crippen LogP contribution in [0.25, 0.3) is 0 Å². The lowest BCUT2D eigenvalue weighted by molar-refractivity contribution is 0.214. The van der Waals surface area contributed by atoms with E-state index < -0.39 is 0 Å². The summed E-state index contributed by atoms with van der Waals surface area (Å²) in [6.45, 7) is 8.15. The van der Waals surface area contributed by atoms with Crippen LogP contribution in [0.3, 0.4) is 0 Å². The Morgan fingerprint density at radius 1 is 1.23 bits per heavy atom. The molecular formula is C11H22N2. The molecule has 0 aromatic carbocycles. The first kappa shape index (κ1) is 9.47. The van der Waals surface area contributed by atoms with E-state index >= 15 is 0 Å². The van der Waals surface area contributed by atoms with Gasteiger partial charge in [0.2, 0.25) is 0 Å². The molecule has 3 unspecified atom stereocenters. The Morgan fingerprint density at radius 3 is 2.15 bits per heavy atom. The molecule has 2 nitrogen and oxygen atoms in total. The maximum atomic E-state index is 5.84. The van der Waals surface area contributed by atoms with E-state index in [2.05, 4.69) is 18.7 Å². The molecule has 2 rings (SSSR count). The molecule has 1 saturated heterocycles. The van der Waals surface area contributed by atoms with E-state index in [1.165, 1.54) is 25.9 Å². The first-order chi connectivity index (χ1) is 6.22. The lowest BCUT2D eigenvalue weighted by atomic mass is 10.0. The van der Waals surface area contributed by atoms with Gasteiger partial charge in [0.1, 0.15) is 0 Å². The number of hydrogen-bond donors (Lipinski definition) is 1. The van der Waals surface area contributed by atoms with Crippen LogP contribution in [0.15, 0.2) is 0 Å². The van der Waals surface area contributed by atoms with Gasteiger partial charge < -0.3 is 5.73 Å². The lowest BCUT2D eigenvalue weighted by Gasteiger charge is -2.26. The topological polar surface area (TPSA) is 29.3 Å². The average Bonchev–Trinajstić information content (AvgIpc) is 2.84. The van der Waals surface area contributed by atoms with E-state index in [1.807, 2.05) is 0 Å². The maximum absolute atomic E-state index is 5.84. The Balaban J connectivity index is 1.92. The monoisotopic (exact) mass is 182 g/mol. The molecule has 1 saturated carbocycles. The Kier molecular flexibility index (Phi) is 2.61. The highest BCUT2D eigenvalue weighted by Crippen LogP contribution is 2.37. The van der Waals surface area contributed by atoms with Gasteiger partial charge in [-0.25, -0.2) is 0 Å². The highest BCUT2D eigenvalue weighted by molar-refractivity contribution is 4.92. The van der Waals surface area contributed by atoms with Crippen molar-refractivity contribution in [2.24, 2.45) is 23.5 Å². The van der Waals surface area contributed by atoms with Gasteiger partial charge in [-0.3, -0.25) is 4.90 Å². The summed E-state index contributed by atoms with van der Waals surface area (Å²) in [4.78, 5) is 2.63. The summed E-state index contributed by atoms with van der Waals surface area (Å²) in [7, 11) is 0. The van der Waals surface area contributed by atoms with E-state index in [-0.39, 0.29) is 0 Å². The fourth-order valence-electron chi connectivity index (χ4n) is 2.57. The number of hydrogen-bond acceptors (Lipinski definition) is 2. The van der Waals surface area contributed by atoms with Gasteiger partial charge in [-0.15, -0.1) is 0 Å². The van der Waals surface area contributed by atoms with Gasteiger partial charge in [-0.1, -0.05) is 13.8 Å². The minimum atomic E-state index is 0.701. The van der Waals surface area contributed by atoms with Crippen LogP contribution >= 0.6 is 0 Å². The average molecular weight is 182 g/mol. The lowest BCUT2D eigenvalue weighted by Crippen LogP contribution is -2.40. The van der Waals surface area contributed by atoms with Gasteiger partial charge in [0.25, 0.3) is 0 Å². The second kappa shape index (κ2) is 3.58. The van der Waals surface area contributed by atoms with Crippen LogP contribution in [0, 0.1) is 17.8 Å². The molecule has 13 heavy (non-hydrogen) atoms. The molecule has 0 spiro atoms. The van der Waals surface area contributed by atoms with Crippen molar-refractivity contribution in [3.63, 3.8) is 0 Å². The zero-order chi connectivity index (χ0) is 9.42. The third-order valence-electron chi connectivity index (χ3n) is 3.89. The van der Waals surface area contributed by atoms with Crippen molar-refractivity contribution in [2.75, 3.05) is 19.6 Å². The van der Waals surface area contributed by atoms with Crippen molar-refractivity contribution in [3.8, 4) is 0 Å². The highest BCUT2D eigenvalue weighted by Gasteiger charge is 2.38. The molecule has 0 aromatic heterocycles. The number of likely N-dealkylation sites (tertiary alicyclic amines) is 1. The Hall–Kier alpha value is -0.0800. The quantitative estimate of drug-likeness (QED) is 0.713. The predicted octanol–water partition coefficient (Wildman–Crippen LogP) is 1.31. The SMILES string of the molecule is CC1CN(C(CN)C2CC2)CC1C. The molecule has 2 aliphatic rings. The van der Waals surface area contributed by atoms with Crippen molar-refractivity contribution < 1.29 is 0 Å². The smallest absolute Gasteiger partial charge is 0.0246 e. The zero-order valence-electron chi connectivity index (χ0n) is 8.87. The van der Waals surface area contributed by atoms with Crippen molar-refractivity contribution in [1.82, 2.24) is 4.90 Å². The number of nitrogens with zero attached hydrogens (tertiary/aromatic N) is 1. The largest absolute Gasteiger partial charge is 0.329 e. The molecule has 2 fully saturated rings. The predicted molar refractivity (Wildman–Crippen MR) is 55.5 cm³/mol. The van der Waals surface area contributed by atoms with Crippen LogP contribution in [-0.2, 0) is 0 Å². The molecule has 0 bridgehead atoms. The Bertz CT molecular complexity index is 167. The van der Waals surface area contributed by atoms with Gasteiger partial charge >= 0.3 is 0 Å². The molecule has 3 atom stereocenters. The molecule has 0 aromatic rings. The highest BCUT2D eigenvalue weighted by atomic mass is 15.2. The van der Waals surface area contributed by atoms with Gasteiger partial charge in [-0.05, 0) is 30.6 Å². The standard InChI is InChI=1S/C11H22N2/c1-8-6-13(7-9(8)2)11(5-12)10-3-4-10/h8-11H,3-7,12H2,1-2H3. The summed E-state index contributed by atoms with van der Waals surface area (Å²) >= 11 is 0. The summed E-state index contributed by atoms with van der Waals surface area (Å²) in [6, 6.07) is 0.701. The van der Waals surface area contributed by atoms with Crippen LogP contribution in [0.5, 0.6) is 0 Å². The van der Waals surface area contributed by atoms with Gasteiger partial charge in [0, 0.05) is 25.7 Å². The molecular weight excluding hydrogens is 160 g/mol. The minimum absolute atomic E-state index is 0.701. The van der Waals surface area contributed by atoms with E-state index in [1.54, 1.807) is 0 Å². The number of nitrogens with two attached hydrogens (primary N) is 1. The van der Waals surface area contributed by atoms with Crippen molar-refractivity contribution in [1.29, 1.82) is 0 Å². The van der Waals surface area contributed by atoms with Crippen LogP contribution < -0.4 is 5.73 Å². The molecule has 0 amide bonds. The van der Waals surface area contributed by atoms with Crippen LogP contribution in [0.2, 0.25) is 0 Å².